The normalized spacial score (nSPS) is 10.7. The summed E-state index contributed by atoms with van der Waals surface area (Å²) >= 11 is 0. The first-order valence-corrected chi connectivity index (χ1v) is 4.11. The molecule has 1 heterocycles. The predicted molar refractivity (Wildman–Crippen MR) is 50.2 cm³/mol. The number of halogens is 1. The molecule has 1 N–H and O–H groups in total. The van der Waals surface area contributed by atoms with Crippen LogP contribution < -0.4 is 0 Å². The summed E-state index contributed by atoms with van der Waals surface area (Å²) in [5.74, 6) is -1.40. The van der Waals surface area contributed by atoms with Gasteiger partial charge >= 0.3 is 5.97 Å². The number of aliphatic carboxylic acids is 1. The van der Waals surface area contributed by atoms with Crippen molar-refractivity contribution in [3.63, 3.8) is 0 Å². The highest BCUT2D eigenvalue weighted by molar-refractivity contribution is 5.70. The lowest BCUT2D eigenvalue weighted by atomic mass is 10.2. The van der Waals surface area contributed by atoms with E-state index in [2.05, 4.69) is 4.98 Å². The van der Waals surface area contributed by atoms with Crippen molar-refractivity contribution in [1.82, 2.24) is 4.98 Å². The molecule has 0 saturated carbocycles. The first-order chi connectivity index (χ1) is 6.59. The van der Waals surface area contributed by atoms with Crippen molar-refractivity contribution in [2.45, 2.75) is 13.3 Å². The molecular weight excluding hydrogens is 185 g/mol. The Bertz CT molecular complexity index is 374. The molecule has 0 aliphatic heterocycles. The fourth-order valence-corrected chi connectivity index (χ4v) is 0.948. The number of hydrogen-bond donors (Lipinski definition) is 1. The average molecular weight is 195 g/mol. The van der Waals surface area contributed by atoms with Crippen molar-refractivity contribution in [3.8, 4) is 0 Å². The second-order valence-electron chi connectivity index (χ2n) is 2.82. The molecule has 1 aromatic rings. The topological polar surface area (TPSA) is 50.2 Å². The number of pyridine rings is 1. The quantitative estimate of drug-likeness (QED) is 0.802. The summed E-state index contributed by atoms with van der Waals surface area (Å²) < 4.78 is 13.0. The molecule has 74 valence electrons. The molecule has 3 nitrogen and oxygen atoms in total. The molecule has 0 atom stereocenters. The summed E-state index contributed by atoms with van der Waals surface area (Å²) in [5, 5.41) is 8.35. The van der Waals surface area contributed by atoms with Gasteiger partial charge in [0.2, 0.25) is 0 Å². The van der Waals surface area contributed by atoms with Crippen molar-refractivity contribution in [2.24, 2.45) is 0 Å². The van der Waals surface area contributed by atoms with Crippen molar-refractivity contribution in [2.75, 3.05) is 0 Å². The Hall–Kier alpha value is -1.71. The van der Waals surface area contributed by atoms with Gasteiger partial charge in [0.05, 0.1) is 12.1 Å². The zero-order valence-corrected chi connectivity index (χ0v) is 7.70. The molecule has 1 aromatic heterocycles. The average Bonchev–Trinajstić information content (AvgIpc) is 2.10. The van der Waals surface area contributed by atoms with Crippen LogP contribution in [0.25, 0.3) is 6.08 Å². The van der Waals surface area contributed by atoms with Gasteiger partial charge < -0.3 is 5.11 Å². The Morgan fingerprint density at radius 3 is 3.00 bits per heavy atom. The van der Waals surface area contributed by atoms with Crippen LogP contribution >= 0.6 is 0 Å². The van der Waals surface area contributed by atoms with E-state index in [4.69, 9.17) is 5.11 Å². The number of hydrogen-bond acceptors (Lipinski definition) is 2. The lowest BCUT2D eigenvalue weighted by Gasteiger charge is -1.96. The molecule has 0 aliphatic carbocycles. The standard InChI is InChI=1S/C10H10FNO2/c1-7-5-6-8(11)9(12-7)3-2-4-10(13)14/h2-3,5-6H,4H2,1H3,(H,13,14). The van der Waals surface area contributed by atoms with Gasteiger partial charge in [0.15, 0.2) is 0 Å². The molecule has 0 amide bonds. The Labute approximate surface area is 80.9 Å². The van der Waals surface area contributed by atoms with Gasteiger partial charge in [0.25, 0.3) is 0 Å². The van der Waals surface area contributed by atoms with E-state index in [1.807, 2.05) is 0 Å². The maximum Gasteiger partial charge on any atom is 0.307 e. The van der Waals surface area contributed by atoms with Crippen LogP contribution in [0.3, 0.4) is 0 Å². The molecule has 0 bridgehead atoms. The Morgan fingerprint density at radius 2 is 2.36 bits per heavy atom. The zero-order chi connectivity index (χ0) is 10.6. The highest BCUT2D eigenvalue weighted by Crippen LogP contribution is 2.07. The first kappa shape index (κ1) is 10.4. The second kappa shape index (κ2) is 4.50. The number of aryl methyl sites for hydroxylation is 1. The third-order valence-electron chi connectivity index (χ3n) is 1.58. The van der Waals surface area contributed by atoms with Gasteiger partial charge in [-0.05, 0) is 25.1 Å². The van der Waals surface area contributed by atoms with Crippen molar-refractivity contribution in [3.05, 3.63) is 35.4 Å². The molecule has 0 radical (unpaired) electrons. The van der Waals surface area contributed by atoms with E-state index in [1.165, 1.54) is 18.2 Å². The minimum Gasteiger partial charge on any atom is -0.481 e. The molecule has 0 spiro atoms. The van der Waals surface area contributed by atoms with Crippen LogP contribution in [0.1, 0.15) is 17.8 Å². The molecule has 0 saturated heterocycles. The molecule has 0 aliphatic rings. The van der Waals surface area contributed by atoms with E-state index in [1.54, 1.807) is 13.0 Å². The molecule has 0 unspecified atom stereocenters. The number of carboxylic acid groups (broad SMARTS) is 1. The third-order valence-corrected chi connectivity index (χ3v) is 1.58. The predicted octanol–water partition coefficient (Wildman–Crippen LogP) is 2.02. The third kappa shape index (κ3) is 2.97. The molecule has 14 heavy (non-hydrogen) atoms. The lowest BCUT2D eigenvalue weighted by molar-refractivity contribution is -0.135. The summed E-state index contributed by atoms with van der Waals surface area (Å²) in [6.07, 6.45) is 2.61. The number of rotatable bonds is 3. The van der Waals surface area contributed by atoms with Gasteiger partial charge in [-0.15, -0.1) is 0 Å². The van der Waals surface area contributed by atoms with Crippen LogP contribution in [-0.4, -0.2) is 16.1 Å². The Balaban J connectivity index is 2.80. The van der Waals surface area contributed by atoms with Gasteiger partial charge in [0, 0.05) is 5.69 Å². The van der Waals surface area contributed by atoms with Crippen molar-refractivity contribution >= 4 is 12.0 Å². The van der Waals surface area contributed by atoms with E-state index in [9.17, 15) is 9.18 Å². The first-order valence-electron chi connectivity index (χ1n) is 4.11. The molecule has 0 fully saturated rings. The summed E-state index contributed by atoms with van der Waals surface area (Å²) in [6, 6.07) is 2.87. The van der Waals surface area contributed by atoms with Gasteiger partial charge in [-0.3, -0.25) is 9.78 Å². The highest BCUT2D eigenvalue weighted by atomic mass is 19.1. The van der Waals surface area contributed by atoms with Crippen LogP contribution in [0.15, 0.2) is 18.2 Å². The minimum absolute atomic E-state index is 0.130. The molecular formula is C10H10FNO2. The van der Waals surface area contributed by atoms with Crippen LogP contribution in [0.5, 0.6) is 0 Å². The highest BCUT2D eigenvalue weighted by Gasteiger charge is 1.99. The fraction of sp³-hybridized carbons (Fsp3) is 0.200. The summed E-state index contributed by atoms with van der Waals surface area (Å²) in [4.78, 5) is 14.1. The SMILES string of the molecule is Cc1ccc(F)c(C=CCC(=O)O)n1. The van der Waals surface area contributed by atoms with Gasteiger partial charge in [-0.1, -0.05) is 6.08 Å². The zero-order valence-electron chi connectivity index (χ0n) is 7.70. The maximum atomic E-state index is 13.0. The van der Waals surface area contributed by atoms with E-state index < -0.39 is 11.8 Å². The smallest absolute Gasteiger partial charge is 0.307 e. The van der Waals surface area contributed by atoms with Crippen LogP contribution in [0.4, 0.5) is 4.39 Å². The lowest BCUT2D eigenvalue weighted by Crippen LogP contribution is -1.92. The fourth-order valence-electron chi connectivity index (χ4n) is 0.948. The van der Waals surface area contributed by atoms with E-state index in [-0.39, 0.29) is 12.1 Å². The van der Waals surface area contributed by atoms with Gasteiger partial charge in [-0.2, -0.15) is 0 Å². The van der Waals surface area contributed by atoms with E-state index in [0.717, 1.165) is 0 Å². The second-order valence-corrected chi connectivity index (χ2v) is 2.82. The minimum atomic E-state index is -0.950. The summed E-state index contributed by atoms with van der Waals surface area (Å²) in [6.45, 7) is 1.74. The summed E-state index contributed by atoms with van der Waals surface area (Å²) in [7, 11) is 0. The van der Waals surface area contributed by atoms with Crippen LogP contribution in [-0.2, 0) is 4.79 Å². The number of nitrogens with zero attached hydrogens (tertiary/aromatic N) is 1. The van der Waals surface area contributed by atoms with E-state index in [0.29, 0.717) is 5.69 Å². The number of aromatic nitrogens is 1. The van der Waals surface area contributed by atoms with Gasteiger partial charge in [0.1, 0.15) is 5.82 Å². The molecule has 1 rings (SSSR count). The number of carboxylic acids is 1. The largest absolute Gasteiger partial charge is 0.481 e. The Morgan fingerprint density at radius 1 is 1.64 bits per heavy atom. The maximum absolute atomic E-state index is 13.0. The van der Waals surface area contributed by atoms with Gasteiger partial charge in [-0.25, -0.2) is 4.39 Å². The Kier molecular flexibility index (Phi) is 3.34. The molecule has 0 aromatic carbocycles. The summed E-state index contributed by atoms with van der Waals surface area (Å²) in [5.41, 5.74) is 0.868. The van der Waals surface area contributed by atoms with Crippen molar-refractivity contribution in [1.29, 1.82) is 0 Å². The van der Waals surface area contributed by atoms with Crippen molar-refractivity contribution < 1.29 is 14.3 Å². The molecule has 4 heteroatoms. The van der Waals surface area contributed by atoms with E-state index >= 15 is 0 Å². The van der Waals surface area contributed by atoms with Crippen LogP contribution in [0.2, 0.25) is 0 Å². The number of carbonyl (C=O) groups is 1. The monoisotopic (exact) mass is 195 g/mol. The van der Waals surface area contributed by atoms with Crippen LogP contribution in [0, 0.1) is 12.7 Å².